The van der Waals surface area contributed by atoms with E-state index in [1.807, 2.05) is 43.3 Å². The van der Waals surface area contributed by atoms with Crippen LogP contribution >= 0.6 is 0 Å². The largest absolute Gasteiger partial charge is 0.743 e. The third kappa shape index (κ3) is 11.4. The van der Waals surface area contributed by atoms with E-state index in [9.17, 15) is 31.3 Å². The van der Waals surface area contributed by atoms with Crippen LogP contribution in [0.15, 0.2) is 112 Å². The zero-order valence-electron chi connectivity index (χ0n) is 23.5. The van der Waals surface area contributed by atoms with E-state index < -0.39 is 33.9 Å². The second kappa shape index (κ2) is 16.8. The van der Waals surface area contributed by atoms with Gasteiger partial charge in [-0.1, -0.05) is 69.2 Å². The van der Waals surface area contributed by atoms with Crippen molar-refractivity contribution in [2.75, 3.05) is 6.61 Å². The van der Waals surface area contributed by atoms with Gasteiger partial charge in [0.2, 0.25) is 0 Å². The van der Waals surface area contributed by atoms with Crippen LogP contribution in [-0.4, -0.2) is 36.8 Å². The Hall–Kier alpha value is -3.54. The second-order valence-electron chi connectivity index (χ2n) is 9.14. The lowest BCUT2D eigenvalue weighted by Crippen LogP contribution is -2.34. The van der Waals surface area contributed by atoms with E-state index >= 15 is 0 Å². The van der Waals surface area contributed by atoms with Gasteiger partial charge in [0.15, 0.2) is 31.4 Å². The number of ether oxygens (including phenoxy) is 2. The molecule has 0 N–H and O–H groups in total. The smallest absolute Gasteiger partial charge is 0.367 e. The van der Waals surface area contributed by atoms with Crippen molar-refractivity contribution in [3.05, 3.63) is 97.1 Å². The number of benzene rings is 3. The molecule has 3 aromatic rings. The molecule has 3 aromatic carbocycles. The normalized spacial score (nSPS) is 11.3. The highest BCUT2D eigenvalue weighted by Gasteiger charge is 2.39. The SMILES string of the molecule is C=C(C)C(=O)Oc1ccc([S+](c2ccccc2)c2ccccc2)cc1.CCCCCCC(=O)OCC(F)(F)S(=O)(=O)[O-]. The van der Waals surface area contributed by atoms with Gasteiger partial charge in [-0.05, 0) is 61.9 Å². The monoisotopic (exact) mass is 620 g/mol. The molecule has 7 nitrogen and oxygen atoms in total. The third-order valence-corrected chi connectivity index (χ3v) is 8.66. The molecule has 0 aliphatic carbocycles. The number of hydrogen-bond acceptors (Lipinski definition) is 7. The minimum Gasteiger partial charge on any atom is -0.743 e. The topological polar surface area (TPSA) is 110 Å². The van der Waals surface area contributed by atoms with Crippen molar-refractivity contribution < 1.29 is 40.8 Å². The average molecular weight is 621 g/mol. The Balaban J connectivity index is 0.000000319. The number of rotatable bonds is 13. The highest BCUT2D eigenvalue weighted by molar-refractivity contribution is 7.97. The van der Waals surface area contributed by atoms with Gasteiger partial charge in [0, 0.05) is 12.0 Å². The van der Waals surface area contributed by atoms with E-state index in [1.54, 1.807) is 6.92 Å². The zero-order valence-corrected chi connectivity index (χ0v) is 25.1. The summed E-state index contributed by atoms with van der Waals surface area (Å²) in [6.07, 6.45) is 3.07. The van der Waals surface area contributed by atoms with Gasteiger partial charge in [-0.3, -0.25) is 4.79 Å². The standard InChI is InChI=1S/C22H19O2S.C9H16F2O5S/c1-17(2)22(23)24-18-13-15-21(16-14-18)25(19-9-5-3-6-10-19)20-11-7-4-8-12-20;1-2-3-4-5-6-8(12)16-7-9(10,11)17(13,14)15/h3-16H,1H2,2H3;2-7H2,1H3,(H,13,14,15)/q+1;/p-1. The molecule has 0 heterocycles. The fraction of sp³-hybridized carbons (Fsp3) is 0.290. The number of carbonyl (C=O) groups excluding carboxylic acids is 2. The summed E-state index contributed by atoms with van der Waals surface area (Å²) >= 11 is 0. The number of carbonyl (C=O) groups is 2. The van der Waals surface area contributed by atoms with Gasteiger partial charge in [-0.25, -0.2) is 13.2 Å². The summed E-state index contributed by atoms with van der Waals surface area (Å²) in [4.78, 5) is 26.3. The van der Waals surface area contributed by atoms with Crippen molar-refractivity contribution in [3.63, 3.8) is 0 Å². The molecule has 0 bridgehead atoms. The zero-order chi connectivity index (χ0) is 31.2. The Kier molecular flexibility index (Phi) is 13.9. The van der Waals surface area contributed by atoms with E-state index in [1.165, 1.54) is 14.7 Å². The minimum absolute atomic E-state index is 0.0605. The van der Waals surface area contributed by atoms with Crippen molar-refractivity contribution in [3.8, 4) is 5.75 Å². The van der Waals surface area contributed by atoms with Crippen LogP contribution in [0.2, 0.25) is 0 Å². The van der Waals surface area contributed by atoms with Crippen molar-refractivity contribution in [2.24, 2.45) is 0 Å². The van der Waals surface area contributed by atoms with Gasteiger partial charge < -0.3 is 14.0 Å². The fourth-order valence-corrected chi connectivity index (χ4v) is 5.65. The van der Waals surface area contributed by atoms with E-state index in [0.717, 1.165) is 19.3 Å². The molecule has 0 fully saturated rings. The van der Waals surface area contributed by atoms with Gasteiger partial charge >= 0.3 is 17.2 Å². The molecule has 0 aliphatic heterocycles. The minimum atomic E-state index is -5.79. The number of halogens is 2. The summed E-state index contributed by atoms with van der Waals surface area (Å²) in [6, 6.07) is 28.6. The quantitative estimate of drug-likeness (QED) is 0.0511. The Morgan fingerprint density at radius 3 is 1.81 bits per heavy atom. The molecule has 11 heteroatoms. The molecule has 0 atom stereocenters. The molecule has 3 rings (SSSR count). The van der Waals surface area contributed by atoms with Crippen molar-refractivity contribution in [2.45, 2.75) is 65.9 Å². The van der Waals surface area contributed by atoms with E-state index in [2.05, 4.69) is 59.8 Å². The highest BCUT2D eigenvalue weighted by atomic mass is 32.2. The van der Waals surface area contributed by atoms with Crippen LogP contribution in [0.25, 0.3) is 0 Å². The Labute approximate surface area is 248 Å². The van der Waals surface area contributed by atoms with Gasteiger partial charge in [0.05, 0.1) is 10.9 Å². The van der Waals surface area contributed by atoms with Gasteiger partial charge in [-0.2, -0.15) is 8.78 Å². The molecule has 0 spiro atoms. The summed E-state index contributed by atoms with van der Waals surface area (Å²) in [6.45, 7) is 5.49. The number of esters is 2. The number of alkyl halides is 2. The van der Waals surface area contributed by atoms with Crippen LogP contribution in [0, 0.1) is 0 Å². The van der Waals surface area contributed by atoms with Gasteiger partial charge in [-0.15, -0.1) is 0 Å². The van der Waals surface area contributed by atoms with Crippen LogP contribution < -0.4 is 4.74 Å². The predicted octanol–water partition coefficient (Wildman–Crippen LogP) is 6.90. The first-order valence-electron chi connectivity index (χ1n) is 13.2. The molecule has 0 saturated heterocycles. The molecule has 0 radical (unpaired) electrons. The van der Waals surface area contributed by atoms with Crippen molar-refractivity contribution >= 4 is 33.0 Å². The fourth-order valence-electron chi connectivity index (χ4n) is 3.36. The lowest BCUT2D eigenvalue weighted by Gasteiger charge is -2.19. The van der Waals surface area contributed by atoms with Gasteiger partial charge in [0.25, 0.3) is 0 Å². The lowest BCUT2D eigenvalue weighted by molar-refractivity contribution is -0.149. The third-order valence-electron chi connectivity index (χ3n) is 5.58. The average Bonchev–Trinajstić information content (AvgIpc) is 2.96. The Morgan fingerprint density at radius 2 is 1.36 bits per heavy atom. The van der Waals surface area contributed by atoms with Crippen LogP contribution in [-0.2, 0) is 35.3 Å². The molecule has 0 unspecified atom stereocenters. The van der Waals surface area contributed by atoms with E-state index in [-0.39, 0.29) is 17.3 Å². The Bertz CT molecular complexity index is 1360. The summed E-state index contributed by atoms with van der Waals surface area (Å²) in [5.41, 5.74) is 0.386. The predicted molar refractivity (Wildman–Crippen MR) is 156 cm³/mol. The molecule has 0 aromatic heterocycles. The Morgan fingerprint density at radius 1 is 0.857 bits per heavy atom. The van der Waals surface area contributed by atoms with Crippen molar-refractivity contribution in [1.82, 2.24) is 0 Å². The summed E-state index contributed by atoms with van der Waals surface area (Å²) in [5.74, 6) is -0.802. The summed E-state index contributed by atoms with van der Waals surface area (Å²) in [7, 11) is -5.99. The maximum atomic E-state index is 12.6. The maximum absolute atomic E-state index is 12.6. The van der Waals surface area contributed by atoms with Crippen LogP contribution in [0.4, 0.5) is 8.78 Å². The maximum Gasteiger partial charge on any atom is 0.367 e. The number of unbranched alkanes of at least 4 members (excludes halogenated alkanes) is 3. The molecule has 42 heavy (non-hydrogen) atoms. The number of hydrogen-bond donors (Lipinski definition) is 0. The van der Waals surface area contributed by atoms with Gasteiger partial charge in [0.1, 0.15) is 5.75 Å². The highest BCUT2D eigenvalue weighted by Crippen LogP contribution is 2.32. The summed E-state index contributed by atoms with van der Waals surface area (Å²) < 4.78 is 64.6. The first-order valence-corrected chi connectivity index (χ1v) is 15.8. The van der Waals surface area contributed by atoms with E-state index in [4.69, 9.17) is 4.74 Å². The van der Waals surface area contributed by atoms with Crippen LogP contribution in [0.3, 0.4) is 0 Å². The van der Waals surface area contributed by atoms with Crippen LogP contribution in [0.5, 0.6) is 5.75 Å². The molecular formula is C31H34F2O7S2. The molecule has 226 valence electrons. The lowest BCUT2D eigenvalue weighted by atomic mass is 10.2. The van der Waals surface area contributed by atoms with Crippen molar-refractivity contribution in [1.29, 1.82) is 0 Å². The first kappa shape index (κ1) is 34.7. The first-order chi connectivity index (χ1) is 19.9. The molecular weight excluding hydrogens is 586 g/mol. The molecule has 0 amide bonds. The summed E-state index contributed by atoms with van der Waals surface area (Å²) in [5, 5.41) is -4.56. The van der Waals surface area contributed by atoms with E-state index in [0.29, 0.717) is 17.7 Å². The molecule has 0 aliphatic rings. The second-order valence-corrected chi connectivity index (χ2v) is 12.7. The molecule has 0 saturated carbocycles. The van der Waals surface area contributed by atoms with Crippen LogP contribution in [0.1, 0.15) is 46.0 Å².